The van der Waals surface area contributed by atoms with Crippen molar-refractivity contribution in [1.29, 1.82) is 0 Å². The van der Waals surface area contributed by atoms with Crippen LogP contribution in [0.4, 0.5) is 4.79 Å². The normalized spacial score (nSPS) is 18.5. The van der Waals surface area contributed by atoms with Crippen molar-refractivity contribution >= 4 is 51.7 Å². The van der Waals surface area contributed by atoms with Gasteiger partial charge < -0.3 is 30.6 Å². The van der Waals surface area contributed by atoms with Crippen LogP contribution < -0.4 is 16.0 Å². The number of likely N-dealkylation sites (N-methyl/N-ethyl adjacent to an activating group) is 1. The number of benzene rings is 1. The number of H-pyrrole nitrogens is 1. The van der Waals surface area contributed by atoms with E-state index in [2.05, 4.69) is 37.9 Å². The van der Waals surface area contributed by atoms with Crippen LogP contribution in [0.1, 0.15) is 84.7 Å². The number of thiazole rings is 1. The zero-order valence-electron chi connectivity index (χ0n) is 24.2. The summed E-state index contributed by atoms with van der Waals surface area (Å²) < 4.78 is 4.84. The number of alkyl carbamates (subject to hydrolysis) is 1. The minimum absolute atomic E-state index is 0. The van der Waals surface area contributed by atoms with Crippen LogP contribution in [0.3, 0.4) is 0 Å². The highest BCUT2D eigenvalue weighted by molar-refractivity contribution is 7.13. The molecule has 5 rings (SSSR count). The zero-order valence-corrected chi connectivity index (χ0v) is 25.8. The lowest BCUT2D eigenvalue weighted by Gasteiger charge is -2.32. The van der Waals surface area contributed by atoms with Gasteiger partial charge >= 0.3 is 6.09 Å². The van der Waals surface area contributed by atoms with Crippen molar-refractivity contribution in [3.63, 3.8) is 0 Å². The highest BCUT2D eigenvalue weighted by atomic mass is 35.5. The number of nitrogens with one attached hydrogen (secondary N) is 4. The van der Waals surface area contributed by atoms with Crippen LogP contribution in [0.5, 0.6) is 0 Å². The highest BCUT2D eigenvalue weighted by Crippen LogP contribution is 2.26. The monoisotopic (exact) mass is 618 g/mol. The number of amides is 3. The number of aromatic nitrogens is 2. The first-order chi connectivity index (χ1) is 19.4. The molecule has 0 unspecified atom stereocenters. The van der Waals surface area contributed by atoms with Gasteiger partial charge in [0.15, 0.2) is 5.01 Å². The van der Waals surface area contributed by atoms with E-state index >= 15 is 0 Å². The van der Waals surface area contributed by atoms with E-state index in [9.17, 15) is 14.4 Å². The molecular weight excluding hydrogens is 576 g/mol. The molecule has 10 nitrogen and oxygen atoms in total. The molecule has 0 spiro atoms. The molecule has 0 saturated heterocycles. The molecular formula is C30H43ClN6O4S. The van der Waals surface area contributed by atoms with Gasteiger partial charge in [0.25, 0.3) is 11.8 Å². The Kier molecular flexibility index (Phi) is 11.4. The summed E-state index contributed by atoms with van der Waals surface area (Å²) in [5.74, 6) is -0.310. The van der Waals surface area contributed by atoms with Crippen molar-refractivity contribution in [2.24, 2.45) is 0 Å². The molecule has 1 aliphatic carbocycles. The number of nitrogens with zero attached hydrogens (tertiary/aromatic N) is 2. The molecule has 3 aromatic rings. The Hall–Kier alpha value is -3.15. The smallest absolute Gasteiger partial charge is 0.407 e. The van der Waals surface area contributed by atoms with Gasteiger partial charge in [-0.2, -0.15) is 0 Å². The molecule has 0 bridgehead atoms. The van der Waals surface area contributed by atoms with E-state index in [-0.39, 0.29) is 43.0 Å². The fourth-order valence-electron chi connectivity index (χ4n) is 4.93. The number of hydrogen-bond acceptors (Lipinski definition) is 7. The average molecular weight is 619 g/mol. The van der Waals surface area contributed by atoms with Crippen LogP contribution in [0.2, 0.25) is 5.02 Å². The summed E-state index contributed by atoms with van der Waals surface area (Å²) in [7, 11) is 3.62. The third kappa shape index (κ3) is 8.92. The van der Waals surface area contributed by atoms with E-state index in [1.807, 2.05) is 39.0 Å². The number of carbonyl (C=O) groups is 3. The summed E-state index contributed by atoms with van der Waals surface area (Å²) in [6.07, 6.45) is 4.23. The lowest BCUT2D eigenvalue weighted by atomic mass is 9.90. The van der Waals surface area contributed by atoms with Crippen molar-refractivity contribution in [2.45, 2.75) is 84.5 Å². The summed E-state index contributed by atoms with van der Waals surface area (Å²) >= 11 is 7.54. The van der Waals surface area contributed by atoms with Gasteiger partial charge in [0, 0.05) is 59.4 Å². The number of carbonyl (C=O) groups excluding carboxylic acids is 3. The molecule has 12 heteroatoms. The van der Waals surface area contributed by atoms with E-state index in [1.54, 1.807) is 6.07 Å². The average Bonchev–Trinajstić information content (AvgIpc) is 3.53. The van der Waals surface area contributed by atoms with Crippen molar-refractivity contribution in [1.82, 2.24) is 30.8 Å². The number of fused-ring (bicyclic) bond motifs is 2. The van der Waals surface area contributed by atoms with E-state index in [0.717, 1.165) is 61.8 Å². The topological polar surface area (TPSA) is 128 Å². The van der Waals surface area contributed by atoms with E-state index < -0.39 is 0 Å². The van der Waals surface area contributed by atoms with Crippen LogP contribution in [0.15, 0.2) is 24.3 Å². The standard InChI is InChI=1S/C23H26ClN5O2S.C6H13NO2.CH4/c1-29-9-8-18-20(12-29)32-23(28-18)22(31)27-17-5-3-2-4-16(17)26-21(30)19-11-13-10-14(24)6-7-15(13)25-19;1-6(2,3)9-5(8)7-4;/h6-7,10-11,16-17,25H,2-5,8-9,12H2,1H3,(H,26,30)(H,27,31);1-4H3,(H,7,8);1H4/t16-,17+;;/m0../s1. The molecule has 2 atom stereocenters. The summed E-state index contributed by atoms with van der Waals surface area (Å²) in [4.78, 5) is 47.5. The van der Waals surface area contributed by atoms with Crippen molar-refractivity contribution < 1.29 is 19.1 Å². The molecule has 2 aromatic heterocycles. The first kappa shape index (κ1) is 33.4. The molecule has 3 heterocycles. The number of hydrogen-bond donors (Lipinski definition) is 4. The second kappa shape index (κ2) is 14.3. The number of halogens is 1. The van der Waals surface area contributed by atoms with Crippen molar-refractivity contribution in [3.05, 3.63) is 50.6 Å². The Labute approximate surface area is 256 Å². The van der Waals surface area contributed by atoms with Gasteiger partial charge in [-0.1, -0.05) is 31.9 Å². The largest absolute Gasteiger partial charge is 0.444 e. The second-order valence-electron chi connectivity index (χ2n) is 11.5. The second-order valence-corrected chi connectivity index (χ2v) is 13.0. The highest BCUT2D eigenvalue weighted by Gasteiger charge is 2.30. The predicted molar refractivity (Wildman–Crippen MR) is 168 cm³/mol. The number of aromatic amines is 1. The maximum atomic E-state index is 13.0. The lowest BCUT2D eigenvalue weighted by Crippen LogP contribution is -2.53. The third-order valence-electron chi connectivity index (χ3n) is 6.95. The Morgan fingerprint density at radius 1 is 1.10 bits per heavy atom. The zero-order chi connectivity index (χ0) is 29.7. The van der Waals surface area contributed by atoms with Crippen LogP contribution in [0, 0.1) is 0 Å². The molecule has 1 aliphatic heterocycles. The van der Waals surface area contributed by atoms with Crippen molar-refractivity contribution in [2.75, 3.05) is 20.6 Å². The van der Waals surface area contributed by atoms with E-state index in [1.165, 1.54) is 23.3 Å². The van der Waals surface area contributed by atoms with Gasteiger partial charge in [-0.15, -0.1) is 11.3 Å². The third-order valence-corrected chi connectivity index (χ3v) is 8.26. The van der Waals surface area contributed by atoms with Gasteiger partial charge in [0.1, 0.15) is 11.3 Å². The van der Waals surface area contributed by atoms with Gasteiger partial charge in [0.05, 0.1) is 5.69 Å². The van der Waals surface area contributed by atoms with E-state index in [4.69, 9.17) is 16.3 Å². The predicted octanol–water partition coefficient (Wildman–Crippen LogP) is 5.51. The Morgan fingerprint density at radius 2 is 1.76 bits per heavy atom. The summed E-state index contributed by atoms with van der Waals surface area (Å²) in [5.41, 5.74) is 2.02. The molecule has 230 valence electrons. The van der Waals surface area contributed by atoms with Gasteiger partial charge in [-0.25, -0.2) is 9.78 Å². The lowest BCUT2D eigenvalue weighted by molar-refractivity contribution is 0.0541. The first-order valence-electron chi connectivity index (χ1n) is 13.9. The molecule has 1 saturated carbocycles. The summed E-state index contributed by atoms with van der Waals surface area (Å²) in [6, 6.07) is 7.08. The van der Waals surface area contributed by atoms with Crippen LogP contribution in [-0.4, -0.2) is 71.1 Å². The molecule has 1 aromatic carbocycles. The van der Waals surface area contributed by atoms with Crippen LogP contribution in [-0.2, 0) is 17.7 Å². The molecule has 2 aliphatic rings. The summed E-state index contributed by atoms with van der Waals surface area (Å²) in [6.45, 7) is 7.28. The minimum atomic E-state index is -0.389. The molecule has 1 fully saturated rings. The van der Waals surface area contributed by atoms with Crippen LogP contribution >= 0.6 is 22.9 Å². The SMILES string of the molecule is C.CN1CCc2nc(C(=O)N[C@@H]3CCCC[C@@H]3NC(=O)c3cc4cc(Cl)ccc4[nH]3)sc2C1.CNC(=O)OC(C)(C)C. The Morgan fingerprint density at radius 3 is 2.38 bits per heavy atom. The van der Waals surface area contributed by atoms with Crippen molar-refractivity contribution in [3.8, 4) is 0 Å². The number of rotatable bonds is 4. The van der Waals surface area contributed by atoms with Gasteiger partial charge in [-0.3, -0.25) is 9.59 Å². The fourth-order valence-corrected chi connectivity index (χ4v) is 6.20. The molecule has 0 radical (unpaired) electrons. The van der Waals surface area contributed by atoms with E-state index in [0.29, 0.717) is 15.7 Å². The van der Waals surface area contributed by atoms with Gasteiger partial charge in [-0.05, 0) is 64.9 Å². The Bertz CT molecular complexity index is 1400. The van der Waals surface area contributed by atoms with Crippen LogP contribution in [0.25, 0.3) is 10.9 Å². The molecule has 42 heavy (non-hydrogen) atoms. The minimum Gasteiger partial charge on any atom is -0.444 e. The maximum Gasteiger partial charge on any atom is 0.407 e. The molecule has 4 N–H and O–H groups in total. The quantitative estimate of drug-likeness (QED) is 0.305. The fraction of sp³-hybridized carbons (Fsp3) is 0.533. The first-order valence-corrected chi connectivity index (χ1v) is 15.1. The Balaban J connectivity index is 0.000000423. The summed E-state index contributed by atoms with van der Waals surface area (Å²) in [5, 5.41) is 10.7. The number of ether oxygens (including phenoxy) is 1. The molecule has 3 amide bonds. The maximum absolute atomic E-state index is 13.0. The van der Waals surface area contributed by atoms with Gasteiger partial charge in [0.2, 0.25) is 0 Å².